The van der Waals surface area contributed by atoms with Crippen LogP contribution in [0.4, 0.5) is 5.69 Å². The van der Waals surface area contributed by atoms with Crippen molar-refractivity contribution < 1.29 is 19.1 Å². The number of hydrogen-bond donors (Lipinski definition) is 3. The molecule has 37 heavy (non-hydrogen) atoms. The molecule has 2 heterocycles. The number of nitrogens with one attached hydrogen (secondary N) is 2. The summed E-state index contributed by atoms with van der Waals surface area (Å²) in [6.07, 6.45) is 3.40. The lowest BCUT2D eigenvalue weighted by molar-refractivity contribution is 0.102. The predicted octanol–water partition coefficient (Wildman–Crippen LogP) is 4.24. The Morgan fingerprint density at radius 1 is 1.19 bits per heavy atom. The van der Waals surface area contributed by atoms with E-state index in [-0.39, 0.29) is 11.4 Å². The molecule has 8 nitrogen and oxygen atoms in total. The number of benzene rings is 2. The minimum Gasteiger partial charge on any atom is -0.508 e. The fraction of sp³-hybridized carbons (Fsp3) is 0.379. The van der Waals surface area contributed by atoms with Gasteiger partial charge in [0.05, 0.1) is 6.61 Å². The fourth-order valence-corrected chi connectivity index (χ4v) is 4.35. The second kappa shape index (κ2) is 12.1. The van der Waals surface area contributed by atoms with Crippen molar-refractivity contribution in [2.45, 2.75) is 33.6 Å². The van der Waals surface area contributed by atoms with Gasteiger partial charge in [0.1, 0.15) is 22.8 Å². The van der Waals surface area contributed by atoms with Crippen LogP contribution in [0.25, 0.3) is 11.0 Å². The number of phenols is 1. The Hall–Kier alpha value is -3.62. The number of aryl methyl sites for hydroxylation is 1. The fourth-order valence-electron chi connectivity index (χ4n) is 4.35. The zero-order valence-electron chi connectivity index (χ0n) is 21.7. The number of carbonyl (C=O) groups is 1. The Bertz CT molecular complexity index is 1350. The van der Waals surface area contributed by atoms with E-state index in [0.29, 0.717) is 40.9 Å². The van der Waals surface area contributed by atoms with E-state index in [1.807, 2.05) is 39.0 Å². The highest BCUT2D eigenvalue weighted by Gasteiger charge is 2.15. The summed E-state index contributed by atoms with van der Waals surface area (Å²) in [5.74, 6) is 0.351. The third kappa shape index (κ3) is 6.78. The Balaban J connectivity index is 1.44. The number of rotatable bonds is 9. The maximum atomic E-state index is 12.9. The van der Waals surface area contributed by atoms with Crippen molar-refractivity contribution in [2.75, 3.05) is 44.6 Å². The molecule has 1 saturated heterocycles. The van der Waals surface area contributed by atoms with Crippen LogP contribution in [-0.4, -0.2) is 55.2 Å². The van der Waals surface area contributed by atoms with Crippen LogP contribution in [0.1, 0.15) is 41.8 Å². The molecule has 3 aromatic rings. The van der Waals surface area contributed by atoms with Crippen molar-refractivity contribution >= 4 is 22.6 Å². The van der Waals surface area contributed by atoms with Crippen LogP contribution in [0.15, 0.2) is 57.3 Å². The van der Waals surface area contributed by atoms with E-state index in [1.54, 1.807) is 12.1 Å². The predicted molar refractivity (Wildman–Crippen MR) is 146 cm³/mol. The number of allylic oxidation sites excluding steroid dienone is 2. The van der Waals surface area contributed by atoms with Gasteiger partial charge in [-0.3, -0.25) is 4.79 Å². The van der Waals surface area contributed by atoms with Gasteiger partial charge in [0.25, 0.3) is 5.91 Å². The smallest absolute Gasteiger partial charge is 0.360 e. The number of fused-ring (bicyclic) bond motifs is 1. The lowest BCUT2D eigenvalue weighted by Crippen LogP contribution is -2.43. The van der Waals surface area contributed by atoms with E-state index < -0.39 is 11.5 Å². The molecule has 0 bridgehead atoms. The molecule has 1 aromatic heterocycles. The number of carbonyl (C=O) groups excluding carboxylic acids is 1. The Morgan fingerprint density at radius 3 is 2.73 bits per heavy atom. The van der Waals surface area contributed by atoms with E-state index in [0.717, 1.165) is 50.3 Å². The number of amides is 1. The van der Waals surface area contributed by atoms with Crippen molar-refractivity contribution in [1.82, 2.24) is 10.2 Å². The van der Waals surface area contributed by atoms with Crippen LogP contribution >= 0.6 is 0 Å². The molecular formula is C29H35N3O5. The topological polar surface area (TPSA) is 104 Å². The van der Waals surface area contributed by atoms with Crippen LogP contribution in [0, 0.1) is 6.92 Å². The van der Waals surface area contributed by atoms with Crippen LogP contribution in [0.2, 0.25) is 0 Å². The lowest BCUT2D eigenvalue weighted by atomic mass is 10.0. The van der Waals surface area contributed by atoms with Gasteiger partial charge < -0.3 is 29.8 Å². The zero-order valence-corrected chi connectivity index (χ0v) is 21.7. The number of piperazine rings is 1. The Labute approximate surface area is 216 Å². The molecule has 196 valence electrons. The van der Waals surface area contributed by atoms with E-state index in [9.17, 15) is 14.7 Å². The first-order valence-corrected chi connectivity index (χ1v) is 12.7. The standard InChI is InChI=1S/C29H35N3O5/c1-19(2)5-6-21-17-23(7-9-25(21)33)28(34)31-24-18-22-8-10-26(20(3)27(22)37-29(24)35)36-16-4-13-32-14-11-30-12-15-32/h5,7-10,17-18,30,33H,4,6,11-16H2,1-3H3,(H,31,34). The van der Waals surface area contributed by atoms with Gasteiger partial charge in [-0.25, -0.2) is 4.79 Å². The van der Waals surface area contributed by atoms with E-state index in [4.69, 9.17) is 9.15 Å². The Morgan fingerprint density at radius 2 is 1.97 bits per heavy atom. The normalized spacial score (nSPS) is 13.9. The lowest BCUT2D eigenvalue weighted by Gasteiger charge is -2.27. The van der Waals surface area contributed by atoms with Gasteiger partial charge >= 0.3 is 5.63 Å². The molecule has 1 amide bonds. The van der Waals surface area contributed by atoms with Crippen LogP contribution in [0.5, 0.6) is 11.5 Å². The maximum Gasteiger partial charge on any atom is 0.360 e. The molecule has 1 fully saturated rings. The van der Waals surface area contributed by atoms with Gasteiger partial charge in [-0.1, -0.05) is 11.6 Å². The highest BCUT2D eigenvalue weighted by molar-refractivity contribution is 6.05. The molecule has 1 aliphatic heterocycles. The molecule has 2 aromatic carbocycles. The molecule has 0 radical (unpaired) electrons. The molecule has 4 rings (SSSR count). The highest BCUT2D eigenvalue weighted by atomic mass is 16.5. The summed E-state index contributed by atoms with van der Waals surface area (Å²) in [5, 5.41) is 16.8. The monoisotopic (exact) mass is 505 g/mol. The summed E-state index contributed by atoms with van der Waals surface area (Å²) >= 11 is 0. The average Bonchev–Trinajstić information content (AvgIpc) is 2.88. The summed E-state index contributed by atoms with van der Waals surface area (Å²) in [7, 11) is 0. The third-order valence-corrected chi connectivity index (χ3v) is 6.51. The summed E-state index contributed by atoms with van der Waals surface area (Å²) < 4.78 is 11.6. The first-order chi connectivity index (χ1) is 17.8. The van der Waals surface area contributed by atoms with Gasteiger partial charge in [-0.15, -0.1) is 0 Å². The van der Waals surface area contributed by atoms with Crippen LogP contribution in [0.3, 0.4) is 0 Å². The zero-order chi connectivity index (χ0) is 26.4. The van der Waals surface area contributed by atoms with E-state index >= 15 is 0 Å². The molecule has 1 aliphatic rings. The summed E-state index contributed by atoms with van der Waals surface area (Å²) in [6.45, 7) is 11.5. The first-order valence-electron chi connectivity index (χ1n) is 12.7. The number of phenolic OH excluding ortho intramolecular Hbond substituents is 1. The molecule has 8 heteroatoms. The second-order valence-electron chi connectivity index (χ2n) is 9.63. The number of hydrogen-bond acceptors (Lipinski definition) is 7. The Kier molecular flexibility index (Phi) is 8.63. The molecule has 0 saturated carbocycles. The van der Waals surface area contributed by atoms with Gasteiger partial charge in [-0.2, -0.15) is 0 Å². The molecular weight excluding hydrogens is 470 g/mol. The van der Waals surface area contributed by atoms with E-state index in [2.05, 4.69) is 15.5 Å². The molecule has 0 atom stereocenters. The van der Waals surface area contributed by atoms with Gasteiger partial charge in [0.2, 0.25) is 0 Å². The van der Waals surface area contributed by atoms with E-state index in [1.165, 1.54) is 12.1 Å². The number of ether oxygens (including phenoxy) is 1. The summed E-state index contributed by atoms with van der Waals surface area (Å²) in [4.78, 5) is 28.0. The van der Waals surface area contributed by atoms with Crippen molar-refractivity contribution in [1.29, 1.82) is 0 Å². The average molecular weight is 506 g/mol. The van der Waals surface area contributed by atoms with Gasteiger partial charge in [0, 0.05) is 49.2 Å². The van der Waals surface area contributed by atoms with Crippen molar-refractivity contribution in [2.24, 2.45) is 0 Å². The molecule has 3 N–H and O–H groups in total. The van der Waals surface area contributed by atoms with Gasteiger partial charge in [0.15, 0.2) is 0 Å². The third-order valence-electron chi connectivity index (χ3n) is 6.51. The molecule has 0 aliphatic carbocycles. The van der Waals surface area contributed by atoms with Crippen LogP contribution < -0.4 is 21.0 Å². The largest absolute Gasteiger partial charge is 0.508 e. The summed E-state index contributed by atoms with van der Waals surface area (Å²) in [5.41, 5.74) is 2.70. The van der Waals surface area contributed by atoms with Crippen molar-refractivity contribution in [3.8, 4) is 11.5 Å². The number of nitrogens with zero attached hydrogens (tertiary/aromatic N) is 1. The molecule has 0 spiro atoms. The minimum absolute atomic E-state index is 0.0560. The van der Waals surface area contributed by atoms with Crippen LogP contribution in [-0.2, 0) is 6.42 Å². The maximum absolute atomic E-state index is 12.9. The first kappa shape index (κ1) is 26.4. The number of aromatic hydroxyl groups is 1. The SMILES string of the molecule is CC(C)=CCc1cc(C(=O)Nc2cc3ccc(OCCCN4CCNCC4)c(C)c3oc2=O)ccc1O. The molecule has 0 unspecified atom stereocenters. The quantitative estimate of drug-likeness (QED) is 0.227. The second-order valence-corrected chi connectivity index (χ2v) is 9.63. The van der Waals surface area contributed by atoms with Crippen molar-refractivity contribution in [3.05, 3.63) is 75.2 Å². The number of anilines is 1. The van der Waals surface area contributed by atoms with Crippen molar-refractivity contribution in [3.63, 3.8) is 0 Å². The highest BCUT2D eigenvalue weighted by Crippen LogP contribution is 2.28. The minimum atomic E-state index is -0.636. The summed E-state index contributed by atoms with van der Waals surface area (Å²) in [6, 6.07) is 9.94. The van der Waals surface area contributed by atoms with Gasteiger partial charge in [-0.05, 0) is 75.6 Å².